The molecule has 0 saturated carbocycles. The van der Waals surface area contributed by atoms with Gasteiger partial charge in [-0.1, -0.05) is 11.6 Å². The second-order valence-electron chi connectivity index (χ2n) is 7.92. The van der Waals surface area contributed by atoms with Crippen LogP contribution in [0.25, 0.3) is 11.0 Å². The largest absolute Gasteiger partial charge is 0.370 e. The fraction of sp³-hybridized carbons (Fsp3) is 0.208. The Morgan fingerprint density at radius 1 is 1.24 bits per heavy atom. The number of halogens is 1. The van der Waals surface area contributed by atoms with Gasteiger partial charge in [-0.2, -0.15) is 0 Å². The summed E-state index contributed by atoms with van der Waals surface area (Å²) in [6.07, 6.45) is 4.71. The Kier molecular flexibility index (Phi) is 5.95. The molecular weight excluding hydrogens is 456 g/mol. The van der Waals surface area contributed by atoms with Gasteiger partial charge in [0.1, 0.15) is 18.5 Å². The van der Waals surface area contributed by atoms with Crippen molar-refractivity contribution < 1.29 is 14.3 Å². The summed E-state index contributed by atoms with van der Waals surface area (Å²) in [7, 11) is 0. The van der Waals surface area contributed by atoms with E-state index in [2.05, 4.69) is 25.3 Å². The second kappa shape index (κ2) is 9.20. The molecule has 34 heavy (non-hydrogen) atoms. The number of nitrogens with one attached hydrogen (secondary N) is 2. The monoisotopic (exact) mass is 476 g/mol. The van der Waals surface area contributed by atoms with E-state index in [4.69, 9.17) is 16.3 Å². The van der Waals surface area contributed by atoms with Gasteiger partial charge in [0.05, 0.1) is 29.5 Å². The van der Waals surface area contributed by atoms with Crippen molar-refractivity contribution in [3.05, 3.63) is 82.7 Å². The normalized spacial score (nSPS) is 14.9. The highest BCUT2D eigenvalue weighted by Gasteiger charge is 2.25. The lowest BCUT2D eigenvalue weighted by atomic mass is 10.1. The minimum atomic E-state index is -0.659. The Bertz CT molecular complexity index is 1370. The van der Waals surface area contributed by atoms with Crippen LogP contribution in [0.5, 0.6) is 0 Å². The highest BCUT2D eigenvalue weighted by atomic mass is 35.5. The van der Waals surface area contributed by atoms with E-state index in [0.29, 0.717) is 35.3 Å². The molecule has 1 atom stereocenters. The summed E-state index contributed by atoms with van der Waals surface area (Å²) in [5.74, 6) is 0.106. The number of hydrogen-bond donors (Lipinski definition) is 2. The zero-order chi connectivity index (χ0) is 23.7. The number of aromatic nitrogens is 4. The topological polar surface area (TPSA) is 113 Å². The molecule has 0 aliphatic carbocycles. The minimum Gasteiger partial charge on any atom is -0.370 e. The van der Waals surface area contributed by atoms with Crippen molar-refractivity contribution >= 4 is 40.1 Å². The first-order valence-corrected chi connectivity index (χ1v) is 11.1. The van der Waals surface area contributed by atoms with Crippen LogP contribution in [0, 0.1) is 6.92 Å². The third kappa shape index (κ3) is 4.35. The smallest absolute Gasteiger partial charge is 0.253 e. The van der Waals surface area contributed by atoms with Gasteiger partial charge in [0, 0.05) is 35.2 Å². The molecule has 2 amide bonds. The van der Waals surface area contributed by atoms with Crippen LogP contribution in [0.4, 0.5) is 5.69 Å². The molecular formula is C24H21ClN6O3. The molecule has 1 saturated heterocycles. The van der Waals surface area contributed by atoms with Crippen LogP contribution >= 0.6 is 11.6 Å². The van der Waals surface area contributed by atoms with Gasteiger partial charge in [0.25, 0.3) is 11.8 Å². The van der Waals surface area contributed by atoms with E-state index >= 15 is 0 Å². The number of ether oxygens (including phenoxy) is 1. The Labute approximate surface area is 200 Å². The number of carbonyl (C=O) groups is 2. The summed E-state index contributed by atoms with van der Waals surface area (Å²) in [5, 5.41) is 3.59. The maximum atomic E-state index is 13.3. The highest BCUT2D eigenvalue weighted by Crippen LogP contribution is 2.25. The van der Waals surface area contributed by atoms with Crippen LogP contribution < -0.4 is 10.2 Å². The van der Waals surface area contributed by atoms with E-state index in [1.807, 2.05) is 13.0 Å². The molecule has 5 rings (SSSR count). The number of carbonyl (C=O) groups excluding carboxylic acids is 2. The van der Waals surface area contributed by atoms with Crippen LogP contribution in [0.2, 0.25) is 5.02 Å². The third-order valence-electron chi connectivity index (χ3n) is 5.63. The van der Waals surface area contributed by atoms with E-state index in [1.54, 1.807) is 53.8 Å². The first kappa shape index (κ1) is 22.0. The first-order chi connectivity index (χ1) is 16.5. The minimum absolute atomic E-state index is 0.0597. The lowest BCUT2D eigenvalue weighted by Gasteiger charge is -2.28. The van der Waals surface area contributed by atoms with Crippen LogP contribution in [0.15, 0.2) is 55.0 Å². The molecule has 2 aromatic heterocycles. The molecule has 172 valence electrons. The molecule has 1 fully saturated rings. The molecule has 3 heterocycles. The quantitative estimate of drug-likeness (QED) is 0.457. The summed E-state index contributed by atoms with van der Waals surface area (Å²) >= 11 is 6.11. The predicted molar refractivity (Wildman–Crippen MR) is 127 cm³/mol. The van der Waals surface area contributed by atoms with E-state index in [9.17, 15) is 9.59 Å². The fourth-order valence-electron chi connectivity index (χ4n) is 3.97. The first-order valence-electron chi connectivity index (χ1n) is 10.7. The standard InChI is InChI=1S/C24H21ClN6O3/c1-14-10-15(2-5-20(14)31-8-9-34-13-21(31)32)24(33)30-22(19-12-26-6-7-27-19)23-28-17-4-3-16(25)11-18(17)29-23/h2-7,10-12,22H,8-9,13H2,1H3,(H,28,29)(H,30,33). The zero-order valence-corrected chi connectivity index (χ0v) is 19.0. The van der Waals surface area contributed by atoms with Crippen molar-refractivity contribution in [1.29, 1.82) is 0 Å². The fourth-order valence-corrected chi connectivity index (χ4v) is 4.14. The van der Waals surface area contributed by atoms with E-state index in [1.165, 1.54) is 0 Å². The van der Waals surface area contributed by atoms with Gasteiger partial charge in [-0.3, -0.25) is 19.6 Å². The number of aryl methyl sites for hydroxylation is 1. The van der Waals surface area contributed by atoms with E-state index in [-0.39, 0.29) is 18.4 Å². The van der Waals surface area contributed by atoms with Crippen molar-refractivity contribution in [2.45, 2.75) is 13.0 Å². The number of fused-ring (bicyclic) bond motifs is 1. The molecule has 2 aromatic carbocycles. The number of hydrogen-bond acceptors (Lipinski definition) is 6. The molecule has 9 nitrogen and oxygen atoms in total. The number of rotatable bonds is 5. The molecule has 0 spiro atoms. The number of amides is 2. The SMILES string of the molecule is Cc1cc(C(=O)NC(c2cnccn2)c2nc3ccc(Cl)cc3[nH]2)ccc1N1CCOCC1=O. The molecule has 1 aliphatic heterocycles. The zero-order valence-electron chi connectivity index (χ0n) is 18.3. The maximum absolute atomic E-state index is 13.3. The maximum Gasteiger partial charge on any atom is 0.253 e. The van der Waals surface area contributed by atoms with Gasteiger partial charge in [0.2, 0.25) is 0 Å². The molecule has 4 aromatic rings. The Morgan fingerprint density at radius 3 is 2.88 bits per heavy atom. The summed E-state index contributed by atoms with van der Waals surface area (Å²) in [5.41, 5.74) is 4.05. The Balaban J connectivity index is 1.45. The van der Waals surface area contributed by atoms with Gasteiger partial charge >= 0.3 is 0 Å². The number of nitrogens with zero attached hydrogens (tertiary/aromatic N) is 4. The number of anilines is 1. The Hall–Kier alpha value is -3.82. The summed E-state index contributed by atoms with van der Waals surface area (Å²) in [6.45, 7) is 2.90. The highest BCUT2D eigenvalue weighted by molar-refractivity contribution is 6.31. The van der Waals surface area contributed by atoms with Gasteiger partial charge in [-0.05, 0) is 48.9 Å². The average Bonchev–Trinajstić information content (AvgIpc) is 3.26. The summed E-state index contributed by atoms with van der Waals surface area (Å²) < 4.78 is 5.21. The second-order valence-corrected chi connectivity index (χ2v) is 8.36. The lowest BCUT2D eigenvalue weighted by molar-refractivity contribution is -0.125. The van der Waals surface area contributed by atoms with Crippen molar-refractivity contribution in [1.82, 2.24) is 25.3 Å². The summed E-state index contributed by atoms with van der Waals surface area (Å²) in [4.78, 5) is 43.5. The molecule has 10 heteroatoms. The van der Waals surface area contributed by atoms with Crippen molar-refractivity contribution in [2.24, 2.45) is 0 Å². The van der Waals surface area contributed by atoms with E-state index < -0.39 is 6.04 Å². The van der Waals surface area contributed by atoms with Crippen LogP contribution in [0.1, 0.15) is 33.5 Å². The number of aromatic amines is 1. The van der Waals surface area contributed by atoms with Crippen molar-refractivity contribution in [3.63, 3.8) is 0 Å². The van der Waals surface area contributed by atoms with Gasteiger partial charge in [-0.25, -0.2) is 4.98 Å². The Morgan fingerprint density at radius 2 is 2.12 bits per heavy atom. The number of H-pyrrole nitrogens is 1. The summed E-state index contributed by atoms with van der Waals surface area (Å²) in [6, 6.07) is 9.93. The number of morpholine rings is 1. The van der Waals surface area contributed by atoms with Crippen LogP contribution in [-0.4, -0.2) is 51.5 Å². The average molecular weight is 477 g/mol. The van der Waals surface area contributed by atoms with Crippen molar-refractivity contribution in [3.8, 4) is 0 Å². The third-order valence-corrected chi connectivity index (χ3v) is 5.86. The van der Waals surface area contributed by atoms with Crippen LogP contribution in [-0.2, 0) is 9.53 Å². The van der Waals surface area contributed by atoms with Crippen LogP contribution in [0.3, 0.4) is 0 Å². The van der Waals surface area contributed by atoms with Gasteiger partial charge in [-0.15, -0.1) is 0 Å². The molecule has 1 aliphatic rings. The number of imidazole rings is 1. The molecule has 2 N–H and O–H groups in total. The molecule has 0 bridgehead atoms. The molecule has 1 unspecified atom stereocenters. The van der Waals surface area contributed by atoms with Gasteiger partial charge in [0.15, 0.2) is 0 Å². The lowest BCUT2D eigenvalue weighted by Crippen LogP contribution is -2.42. The number of benzene rings is 2. The van der Waals surface area contributed by atoms with Crippen molar-refractivity contribution in [2.75, 3.05) is 24.7 Å². The van der Waals surface area contributed by atoms with Gasteiger partial charge < -0.3 is 19.9 Å². The predicted octanol–water partition coefficient (Wildman–Crippen LogP) is 3.20. The van der Waals surface area contributed by atoms with E-state index in [0.717, 1.165) is 22.3 Å². The molecule has 0 radical (unpaired) electrons.